The predicted octanol–water partition coefficient (Wildman–Crippen LogP) is 7.44. The van der Waals surface area contributed by atoms with Gasteiger partial charge in [0.15, 0.2) is 5.75 Å². The number of anilines is 2. The van der Waals surface area contributed by atoms with Crippen molar-refractivity contribution in [3.8, 4) is 17.3 Å². The number of rotatable bonds is 8. The first kappa shape index (κ1) is 30.9. The van der Waals surface area contributed by atoms with E-state index in [1.165, 1.54) is 12.1 Å². The molecule has 2 unspecified atom stereocenters. The maximum absolute atomic E-state index is 13.2. The molecule has 5 rings (SSSR count). The molecule has 2 atom stereocenters. The number of nitrogens with one attached hydrogen (secondary N) is 2. The highest BCUT2D eigenvalue weighted by Gasteiger charge is 2.33. The summed E-state index contributed by atoms with van der Waals surface area (Å²) < 4.78 is 93.4. The zero-order valence-electron chi connectivity index (χ0n) is 23.3. The first-order valence-corrected chi connectivity index (χ1v) is 13.7. The lowest BCUT2D eigenvalue weighted by molar-refractivity contribution is -0.274. The number of benzene rings is 2. The van der Waals surface area contributed by atoms with Crippen LogP contribution in [-0.4, -0.2) is 52.4 Å². The van der Waals surface area contributed by atoms with Gasteiger partial charge in [-0.05, 0) is 56.0 Å². The third-order valence-corrected chi connectivity index (χ3v) is 6.93. The van der Waals surface area contributed by atoms with E-state index < -0.39 is 30.8 Å². The topological polar surface area (TPSA) is 111 Å². The number of nitrogens with zero attached hydrogens (tertiary/aromatic N) is 3. The highest BCUT2D eigenvalue weighted by molar-refractivity contribution is 5.92. The van der Waals surface area contributed by atoms with E-state index in [4.69, 9.17) is 9.15 Å². The third kappa shape index (κ3) is 8.08. The lowest BCUT2D eigenvalue weighted by atomic mass is 10.1. The summed E-state index contributed by atoms with van der Waals surface area (Å²) in [4.78, 5) is 16.8. The van der Waals surface area contributed by atoms with Gasteiger partial charge in [0.2, 0.25) is 0 Å². The fraction of sp³-hybridized carbons (Fsp3) is 0.379. The molecule has 9 nitrogen and oxygen atoms in total. The standard InChI is InChI=1S/C29H27F6N5O4/c1-16-11-22(38-24-21(16)13-19(36-15-28(30,31)32)14-23(24)44-29(33,34)35)25-39-40-27(43-25)37-18-9-5-6-10-20(12-18)42-26(41)17-7-3-2-4-8-17/h2-4,7-8,11,13-14,18,20,36H,5-6,9-10,12,15H2,1H3,(H,37,40). The number of hydrogen-bond acceptors (Lipinski definition) is 9. The van der Waals surface area contributed by atoms with Gasteiger partial charge in [-0.1, -0.05) is 29.7 Å². The van der Waals surface area contributed by atoms with Crippen molar-refractivity contribution < 1.29 is 45.0 Å². The summed E-state index contributed by atoms with van der Waals surface area (Å²) in [5.74, 6) is -1.31. The number of carbonyl (C=O) groups is 1. The Bertz CT molecular complexity index is 1610. The number of halogens is 6. The lowest BCUT2D eigenvalue weighted by Gasteiger charge is -2.20. The molecule has 0 saturated heterocycles. The van der Waals surface area contributed by atoms with Crippen molar-refractivity contribution in [2.45, 2.75) is 63.7 Å². The molecule has 2 aromatic heterocycles. The van der Waals surface area contributed by atoms with Crippen molar-refractivity contribution in [2.24, 2.45) is 0 Å². The van der Waals surface area contributed by atoms with Gasteiger partial charge in [0.05, 0.1) is 5.56 Å². The molecule has 0 aliphatic heterocycles. The van der Waals surface area contributed by atoms with Crippen molar-refractivity contribution in [3.63, 3.8) is 0 Å². The maximum Gasteiger partial charge on any atom is 0.573 e. The minimum Gasteiger partial charge on any atom is -0.459 e. The van der Waals surface area contributed by atoms with Crippen LogP contribution >= 0.6 is 0 Å². The number of ether oxygens (including phenoxy) is 2. The van der Waals surface area contributed by atoms with Gasteiger partial charge >= 0.3 is 24.5 Å². The van der Waals surface area contributed by atoms with Gasteiger partial charge in [-0.2, -0.15) is 13.2 Å². The molecule has 1 aliphatic carbocycles. The van der Waals surface area contributed by atoms with E-state index in [0.717, 1.165) is 25.3 Å². The molecule has 4 aromatic rings. The molecule has 0 amide bonds. The summed E-state index contributed by atoms with van der Waals surface area (Å²) in [6.07, 6.45) is -6.40. The molecule has 0 bridgehead atoms. The molecule has 1 saturated carbocycles. The van der Waals surface area contributed by atoms with Crippen LogP contribution in [-0.2, 0) is 4.74 Å². The second-order valence-corrected chi connectivity index (χ2v) is 10.4. The van der Waals surface area contributed by atoms with Gasteiger partial charge in [-0.25, -0.2) is 9.78 Å². The zero-order chi connectivity index (χ0) is 31.5. The van der Waals surface area contributed by atoms with Crippen molar-refractivity contribution in [3.05, 3.63) is 59.7 Å². The fourth-order valence-electron chi connectivity index (χ4n) is 4.98. The summed E-state index contributed by atoms with van der Waals surface area (Å²) in [7, 11) is 0. The number of aromatic nitrogens is 3. The highest BCUT2D eigenvalue weighted by atomic mass is 19.4. The summed E-state index contributed by atoms with van der Waals surface area (Å²) in [6.45, 7) is 0.0971. The molecule has 0 spiro atoms. The van der Waals surface area contributed by atoms with Gasteiger partial charge in [0.1, 0.15) is 23.9 Å². The Morgan fingerprint density at radius 1 is 1.02 bits per heavy atom. The normalized spacial score (nSPS) is 17.6. The molecule has 2 N–H and O–H groups in total. The third-order valence-electron chi connectivity index (χ3n) is 6.93. The second-order valence-electron chi connectivity index (χ2n) is 10.4. The number of esters is 1. The largest absolute Gasteiger partial charge is 0.573 e. The Morgan fingerprint density at radius 2 is 1.77 bits per heavy atom. The lowest BCUT2D eigenvalue weighted by Crippen LogP contribution is -2.27. The van der Waals surface area contributed by atoms with E-state index in [1.54, 1.807) is 37.3 Å². The average Bonchev–Trinajstić information content (AvgIpc) is 3.31. The van der Waals surface area contributed by atoms with Crippen LogP contribution in [0.25, 0.3) is 22.5 Å². The minimum absolute atomic E-state index is 0.0362. The number of hydrogen-bond donors (Lipinski definition) is 2. The van der Waals surface area contributed by atoms with Crippen LogP contribution in [0.2, 0.25) is 0 Å². The van der Waals surface area contributed by atoms with Crippen molar-refractivity contribution in [2.75, 3.05) is 17.2 Å². The molecular weight excluding hydrogens is 596 g/mol. The number of carbonyl (C=O) groups excluding carboxylic acids is 1. The smallest absolute Gasteiger partial charge is 0.459 e. The van der Waals surface area contributed by atoms with E-state index in [2.05, 4.69) is 30.6 Å². The Labute approximate surface area is 247 Å². The molecule has 234 valence electrons. The zero-order valence-corrected chi connectivity index (χ0v) is 23.3. The summed E-state index contributed by atoms with van der Waals surface area (Å²) >= 11 is 0. The van der Waals surface area contributed by atoms with Crippen molar-refractivity contribution in [1.29, 1.82) is 0 Å². The molecule has 2 aromatic carbocycles. The van der Waals surface area contributed by atoms with E-state index >= 15 is 0 Å². The first-order chi connectivity index (χ1) is 20.8. The van der Waals surface area contributed by atoms with Crippen molar-refractivity contribution >= 4 is 28.6 Å². The van der Waals surface area contributed by atoms with Crippen LogP contribution in [0, 0.1) is 6.92 Å². The maximum atomic E-state index is 13.2. The SMILES string of the molecule is Cc1cc(-c2nnc(NC3CCCCC(OC(=O)c4ccccc4)C3)o2)nc2c(OC(F)(F)F)cc(NCC(F)(F)F)cc12. The minimum atomic E-state index is -5.13. The quantitative estimate of drug-likeness (QED) is 0.118. The fourth-order valence-corrected chi connectivity index (χ4v) is 4.98. The van der Waals surface area contributed by atoms with Crippen LogP contribution in [0.15, 0.2) is 52.9 Å². The number of alkyl halides is 6. The Hall–Kier alpha value is -4.56. The Balaban J connectivity index is 1.35. The summed E-state index contributed by atoms with van der Waals surface area (Å²) in [5, 5.41) is 13.3. The predicted molar refractivity (Wildman–Crippen MR) is 147 cm³/mol. The van der Waals surface area contributed by atoms with E-state index in [9.17, 15) is 31.1 Å². The van der Waals surface area contributed by atoms with Gasteiger partial charge in [-0.3, -0.25) is 0 Å². The number of pyridine rings is 1. The average molecular weight is 624 g/mol. The molecule has 2 heterocycles. The number of fused-ring (bicyclic) bond motifs is 1. The molecular formula is C29H27F6N5O4. The highest BCUT2D eigenvalue weighted by Crippen LogP contribution is 2.36. The van der Waals surface area contributed by atoms with E-state index in [0.29, 0.717) is 24.0 Å². The Morgan fingerprint density at radius 3 is 2.50 bits per heavy atom. The van der Waals surface area contributed by atoms with Gasteiger partial charge in [0.25, 0.3) is 5.89 Å². The number of aryl methyl sites for hydroxylation is 1. The van der Waals surface area contributed by atoms with Crippen LogP contribution in [0.1, 0.15) is 48.0 Å². The van der Waals surface area contributed by atoms with Crippen LogP contribution in [0.4, 0.5) is 38.0 Å². The molecule has 15 heteroatoms. The van der Waals surface area contributed by atoms with Gasteiger partial charge in [-0.15, -0.1) is 18.3 Å². The van der Waals surface area contributed by atoms with E-state index in [-0.39, 0.29) is 46.3 Å². The molecule has 0 radical (unpaired) electrons. The van der Waals surface area contributed by atoms with E-state index in [1.807, 2.05) is 0 Å². The first-order valence-electron chi connectivity index (χ1n) is 13.7. The Kier molecular flexibility index (Phi) is 8.83. The summed E-state index contributed by atoms with van der Waals surface area (Å²) in [6, 6.07) is 12.1. The molecule has 1 fully saturated rings. The molecule has 1 aliphatic rings. The van der Waals surface area contributed by atoms with Crippen molar-refractivity contribution in [1.82, 2.24) is 15.2 Å². The van der Waals surface area contributed by atoms with Gasteiger partial charge in [0, 0.05) is 29.6 Å². The summed E-state index contributed by atoms with van der Waals surface area (Å²) in [5.41, 5.74) is 0.390. The molecule has 44 heavy (non-hydrogen) atoms. The van der Waals surface area contributed by atoms with Crippen LogP contribution in [0.3, 0.4) is 0 Å². The monoisotopic (exact) mass is 623 g/mol. The van der Waals surface area contributed by atoms with Gasteiger partial charge < -0.3 is 24.5 Å². The second kappa shape index (κ2) is 12.6. The van der Waals surface area contributed by atoms with Crippen LogP contribution in [0.5, 0.6) is 5.75 Å². The van der Waals surface area contributed by atoms with Crippen LogP contribution < -0.4 is 15.4 Å².